The Hall–Kier alpha value is -2.47. The summed E-state index contributed by atoms with van der Waals surface area (Å²) in [6.07, 6.45) is 5.35. The molecule has 152 valence electrons. The number of fused-ring (bicyclic) bond motifs is 1. The topological polar surface area (TPSA) is 56.5 Å². The average molecular weight is 456 g/mol. The summed E-state index contributed by atoms with van der Waals surface area (Å²) >= 11 is 3.44. The predicted octanol–water partition coefficient (Wildman–Crippen LogP) is 5.56. The van der Waals surface area contributed by atoms with Crippen LogP contribution < -0.4 is 10.3 Å². The Morgan fingerprint density at radius 1 is 1.24 bits per heavy atom. The molecule has 0 aliphatic carbocycles. The van der Waals surface area contributed by atoms with Gasteiger partial charge in [-0.1, -0.05) is 48.3 Å². The number of ether oxygens (including phenoxy) is 1. The number of halogens is 1. The molecule has 3 aromatic rings. The summed E-state index contributed by atoms with van der Waals surface area (Å²) in [7, 11) is 0. The largest absolute Gasteiger partial charge is 0.490 e. The third kappa shape index (κ3) is 5.12. The monoisotopic (exact) mass is 455 g/mol. The van der Waals surface area contributed by atoms with Gasteiger partial charge in [-0.05, 0) is 50.1 Å². The van der Waals surface area contributed by atoms with Crippen LogP contribution in [0.1, 0.15) is 51.4 Å². The molecule has 1 heterocycles. The highest BCUT2D eigenvalue weighted by Gasteiger charge is 2.11. The van der Waals surface area contributed by atoms with E-state index in [0.717, 1.165) is 35.0 Å². The zero-order valence-corrected chi connectivity index (χ0v) is 18.6. The van der Waals surface area contributed by atoms with Crippen LogP contribution in [0.2, 0.25) is 0 Å². The molecule has 5 nitrogen and oxygen atoms in total. The fourth-order valence-corrected chi connectivity index (χ4v) is 3.29. The van der Waals surface area contributed by atoms with Gasteiger partial charge < -0.3 is 4.74 Å². The van der Waals surface area contributed by atoms with Crippen molar-refractivity contribution in [3.8, 4) is 5.75 Å². The summed E-state index contributed by atoms with van der Waals surface area (Å²) in [6.45, 7) is 6.23. The Morgan fingerprint density at radius 3 is 2.79 bits per heavy atom. The minimum Gasteiger partial charge on any atom is -0.490 e. The molecule has 0 N–H and O–H groups in total. The summed E-state index contributed by atoms with van der Waals surface area (Å²) in [5.41, 5.74) is 1.35. The van der Waals surface area contributed by atoms with E-state index in [1.54, 1.807) is 12.3 Å². The van der Waals surface area contributed by atoms with Crippen molar-refractivity contribution in [3.63, 3.8) is 0 Å². The van der Waals surface area contributed by atoms with Gasteiger partial charge in [-0.25, -0.2) is 4.98 Å². The average Bonchev–Trinajstić information content (AvgIpc) is 2.73. The number of benzene rings is 2. The van der Waals surface area contributed by atoms with Gasteiger partial charge in [0.2, 0.25) is 0 Å². The van der Waals surface area contributed by atoms with Crippen molar-refractivity contribution < 1.29 is 4.74 Å². The van der Waals surface area contributed by atoms with E-state index >= 15 is 0 Å². The predicted molar refractivity (Wildman–Crippen MR) is 122 cm³/mol. The third-order valence-electron chi connectivity index (χ3n) is 4.76. The number of para-hydroxylation sites is 1. The maximum Gasteiger partial charge on any atom is 0.282 e. The van der Waals surface area contributed by atoms with Crippen LogP contribution in [0.25, 0.3) is 10.9 Å². The van der Waals surface area contributed by atoms with Gasteiger partial charge in [-0.15, -0.1) is 0 Å². The first-order valence-electron chi connectivity index (χ1n) is 10.0. The number of aryl methyl sites for hydroxylation is 1. The molecule has 1 aromatic heterocycles. The van der Waals surface area contributed by atoms with Gasteiger partial charge in [0.15, 0.2) is 0 Å². The molecule has 1 atom stereocenters. The fraction of sp³-hybridized carbons (Fsp3) is 0.348. The second-order valence-corrected chi connectivity index (χ2v) is 7.94. The molecule has 0 spiro atoms. The molecule has 0 fully saturated rings. The zero-order valence-electron chi connectivity index (χ0n) is 17.1. The van der Waals surface area contributed by atoms with Gasteiger partial charge >= 0.3 is 0 Å². The molecule has 0 aliphatic heterocycles. The summed E-state index contributed by atoms with van der Waals surface area (Å²) in [5.74, 6) is 1.42. The van der Waals surface area contributed by atoms with Gasteiger partial charge in [0.05, 0.1) is 23.2 Å². The molecule has 0 unspecified atom stereocenters. The van der Waals surface area contributed by atoms with E-state index in [1.807, 2.05) is 43.3 Å². The van der Waals surface area contributed by atoms with Crippen LogP contribution in [0.15, 0.2) is 56.8 Å². The standard InChI is InChI=1S/C23H26BrN3O2/c1-4-6-11-22-26-20-13-12-18(24)14-19(20)23(28)27(22)25-15-17-9-7-8-10-21(17)29-16(3)5-2/h7-10,12-16H,4-6,11H2,1-3H3/t16-/m1/s1. The van der Waals surface area contributed by atoms with Crippen LogP contribution in [-0.2, 0) is 6.42 Å². The lowest BCUT2D eigenvalue weighted by molar-refractivity contribution is 0.217. The number of hydrogen-bond donors (Lipinski definition) is 0. The summed E-state index contributed by atoms with van der Waals surface area (Å²) in [4.78, 5) is 17.9. The highest BCUT2D eigenvalue weighted by Crippen LogP contribution is 2.19. The number of rotatable bonds is 8. The quantitative estimate of drug-likeness (QED) is 0.417. The third-order valence-corrected chi connectivity index (χ3v) is 5.26. The van der Waals surface area contributed by atoms with E-state index in [9.17, 15) is 4.79 Å². The number of unbranched alkanes of at least 4 members (excludes halogenated alkanes) is 1. The lowest BCUT2D eigenvalue weighted by Crippen LogP contribution is -2.22. The Morgan fingerprint density at radius 2 is 2.03 bits per heavy atom. The number of aromatic nitrogens is 2. The lowest BCUT2D eigenvalue weighted by Gasteiger charge is -2.14. The molecule has 6 heteroatoms. The highest BCUT2D eigenvalue weighted by atomic mass is 79.9. The van der Waals surface area contributed by atoms with Crippen molar-refractivity contribution in [1.82, 2.24) is 9.66 Å². The maximum atomic E-state index is 13.2. The van der Waals surface area contributed by atoms with E-state index in [2.05, 4.69) is 34.9 Å². The van der Waals surface area contributed by atoms with Gasteiger partial charge in [-0.3, -0.25) is 4.79 Å². The summed E-state index contributed by atoms with van der Waals surface area (Å²) < 4.78 is 8.26. The summed E-state index contributed by atoms with van der Waals surface area (Å²) in [5, 5.41) is 5.07. The van der Waals surface area contributed by atoms with Crippen LogP contribution in [0, 0.1) is 0 Å². The molecular formula is C23H26BrN3O2. The van der Waals surface area contributed by atoms with Gasteiger partial charge in [0.1, 0.15) is 11.6 Å². The van der Waals surface area contributed by atoms with Crippen LogP contribution in [-0.4, -0.2) is 22.0 Å². The minimum absolute atomic E-state index is 0.104. The molecule has 0 bridgehead atoms. The van der Waals surface area contributed by atoms with Crippen LogP contribution in [0.4, 0.5) is 0 Å². The second kappa shape index (κ2) is 9.83. The molecule has 0 amide bonds. The molecule has 0 saturated heterocycles. The van der Waals surface area contributed by atoms with Crippen molar-refractivity contribution in [1.29, 1.82) is 0 Å². The van der Waals surface area contributed by atoms with E-state index < -0.39 is 0 Å². The van der Waals surface area contributed by atoms with E-state index in [0.29, 0.717) is 23.1 Å². The van der Waals surface area contributed by atoms with Crippen molar-refractivity contribution in [3.05, 3.63) is 68.7 Å². The van der Waals surface area contributed by atoms with E-state index in [4.69, 9.17) is 9.72 Å². The fourth-order valence-electron chi connectivity index (χ4n) is 2.93. The second-order valence-electron chi connectivity index (χ2n) is 7.03. The van der Waals surface area contributed by atoms with Crippen molar-refractivity contribution in [2.75, 3.05) is 0 Å². The van der Waals surface area contributed by atoms with Gasteiger partial charge in [-0.2, -0.15) is 9.78 Å². The summed E-state index contributed by atoms with van der Waals surface area (Å²) in [6, 6.07) is 13.3. The Bertz CT molecular complexity index is 1080. The smallest absolute Gasteiger partial charge is 0.282 e. The van der Waals surface area contributed by atoms with Crippen molar-refractivity contribution >= 4 is 33.0 Å². The van der Waals surface area contributed by atoms with E-state index in [1.165, 1.54) is 4.68 Å². The molecule has 0 saturated carbocycles. The van der Waals surface area contributed by atoms with Crippen LogP contribution in [0.3, 0.4) is 0 Å². The first kappa shape index (κ1) is 21.2. The lowest BCUT2D eigenvalue weighted by atomic mass is 10.2. The minimum atomic E-state index is -0.168. The van der Waals surface area contributed by atoms with Crippen LogP contribution >= 0.6 is 15.9 Å². The molecule has 3 rings (SSSR count). The molecule has 29 heavy (non-hydrogen) atoms. The number of nitrogens with zero attached hydrogens (tertiary/aromatic N) is 3. The Balaban J connectivity index is 2.07. The Labute approximate surface area is 179 Å². The molecular weight excluding hydrogens is 430 g/mol. The van der Waals surface area contributed by atoms with Gasteiger partial charge in [0, 0.05) is 16.5 Å². The van der Waals surface area contributed by atoms with E-state index in [-0.39, 0.29) is 11.7 Å². The molecule has 0 radical (unpaired) electrons. The maximum absolute atomic E-state index is 13.2. The van der Waals surface area contributed by atoms with Crippen LogP contribution in [0.5, 0.6) is 5.75 Å². The van der Waals surface area contributed by atoms with Gasteiger partial charge in [0.25, 0.3) is 5.56 Å². The molecule has 2 aromatic carbocycles. The van der Waals surface area contributed by atoms with Crippen molar-refractivity contribution in [2.24, 2.45) is 5.10 Å². The molecule has 0 aliphatic rings. The zero-order chi connectivity index (χ0) is 20.8. The van der Waals surface area contributed by atoms with Crippen molar-refractivity contribution in [2.45, 2.75) is 52.6 Å². The number of hydrogen-bond acceptors (Lipinski definition) is 4. The SMILES string of the molecule is CCCCc1nc2ccc(Br)cc2c(=O)n1N=Cc1ccccc1O[C@H](C)CC. The first-order valence-corrected chi connectivity index (χ1v) is 10.8. The first-order chi connectivity index (χ1) is 14.0. The normalized spacial score (nSPS) is 12.6. The Kier molecular flexibility index (Phi) is 7.20. The highest BCUT2D eigenvalue weighted by molar-refractivity contribution is 9.10.